The van der Waals surface area contributed by atoms with E-state index in [1.165, 1.54) is 23.8 Å². The molecule has 0 radical (unpaired) electrons. The van der Waals surface area contributed by atoms with Gasteiger partial charge in [0.2, 0.25) is 11.9 Å². The number of pyridine rings is 2. The fraction of sp³-hybridized carbons (Fsp3) is 0.333. The smallest absolute Gasteiger partial charge is 0.214 e. The summed E-state index contributed by atoms with van der Waals surface area (Å²) in [6.07, 6.45) is 0.890. The first-order chi connectivity index (χ1) is 13.1. The van der Waals surface area contributed by atoms with Gasteiger partial charge in [0.25, 0.3) is 0 Å². The number of allylic oxidation sites excluding steroid dienone is 2. The lowest BCUT2D eigenvalue weighted by Gasteiger charge is -2.06. The maximum absolute atomic E-state index is 12.7. The van der Waals surface area contributed by atoms with Crippen molar-refractivity contribution in [3.63, 3.8) is 0 Å². The molecule has 4 nitrogen and oxygen atoms in total. The summed E-state index contributed by atoms with van der Waals surface area (Å²) >= 11 is 5.55. The van der Waals surface area contributed by atoms with Crippen molar-refractivity contribution < 1.29 is 19.0 Å². The van der Waals surface area contributed by atoms with Crippen LogP contribution in [0.1, 0.15) is 37.6 Å². The second kappa shape index (κ2) is 13.9. The zero-order valence-corrected chi connectivity index (χ0v) is 17.2. The van der Waals surface area contributed by atoms with E-state index in [-0.39, 0.29) is 18.4 Å². The minimum Gasteiger partial charge on any atom is -0.396 e. The highest BCUT2D eigenvalue weighted by atomic mass is 35.5. The van der Waals surface area contributed by atoms with E-state index >= 15 is 0 Å². The molecule has 0 aromatic carbocycles. The predicted octanol–water partition coefficient (Wildman–Crippen LogP) is 4.78. The highest BCUT2D eigenvalue weighted by molar-refractivity contribution is 6.30. The lowest BCUT2D eigenvalue weighted by atomic mass is 10.1. The number of aliphatic hydroxyl groups is 2. The molecular formula is C21H27ClF2N2O2. The van der Waals surface area contributed by atoms with Crippen LogP contribution in [0, 0.1) is 11.9 Å². The van der Waals surface area contributed by atoms with Crippen molar-refractivity contribution in [2.45, 2.75) is 33.6 Å². The minimum absolute atomic E-state index is 0.00691. The molecule has 2 aromatic rings. The molecule has 7 heteroatoms. The second-order valence-electron chi connectivity index (χ2n) is 6.16. The monoisotopic (exact) mass is 412 g/mol. The maximum Gasteiger partial charge on any atom is 0.214 e. The highest BCUT2D eigenvalue weighted by Crippen LogP contribution is 2.15. The van der Waals surface area contributed by atoms with Gasteiger partial charge in [-0.3, -0.25) is 0 Å². The van der Waals surface area contributed by atoms with Crippen LogP contribution in [0.15, 0.2) is 43.0 Å². The first kappa shape index (κ1) is 25.9. The fourth-order valence-electron chi connectivity index (χ4n) is 1.90. The normalized spacial score (nSPS) is 9.57. The number of hydrogen-bond acceptors (Lipinski definition) is 4. The van der Waals surface area contributed by atoms with Gasteiger partial charge in [-0.25, -0.2) is 9.97 Å². The summed E-state index contributed by atoms with van der Waals surface area (Å²) in [5.41, 5.74) is 3.92. The van der Waals surface area contributed by atoms with Gasteiger partial charge >= 0.3 is 0 Å². The van der Waals surface area contributed by atoms with E-state index in [0.717, 1.165) is 5.56 Å². The van der Waals surface area contributed by atoms with Gasteiger partial charge in [0.1, 0.15) is 5.15 Å². The molecule has 2 aromatic heterocycles. The number of nitrogens with zero attached hydrogens (tertiary/aromatic N) is 2. The van der Waals surface area contributed by atoms with Crippen LogP contribution in [-0.4, -0.2) is 33.4 Å². The quantitative estimate of drug-likeness (QED) is 0.548. The second-order valence-corrected chi connectivity index (χ2v) is 6.52. The Bertz CT molecular complexity index is 779. The Labute approximate surface area is 170 Å². The average molecular weight is 413 g/mol. The van der Waals surface area contributed by atoms with Gasteiger partial charge in [-0.2, -0.15) is 8.78 Å². The van der Waals surface area contributed by atoms with Gasteiger partial charge < -0.3 is 10.2 Å². The van der Waals surface area contributed by atoms with Gasteiger partial charge in [-0.15, -0.1) is 6.58 Å². The minimum atomic E-state index is -0.600. The molecule has 0 bridgehead atoms. The van der Waals surface area contributed by atoms with E-state index < -0.39 is 11.9 Å². The van der Waals surface area contributed by atoms with Gasteiger partial charge in [-0.1, -0.05) is 35.9 Å². The SMILES string of the molecule is C=C(C)C.C=C(C)c1nc(F)ccc1CCO.OCCc1ccc(F)nc1Cl. The fourth-order valence-corrected chi connectivity index (χ4v) is 2.14. The lowest BCUT2D eigenvalue weighted by Crippen LogP contribution is -2.00. The van der Waals surface area contributed by atoms with Crippen LogP contribution in [0.25, 0.3) is 5.57 Å². The molecule has 0 unspecified atom stereocenters. The van der Waals surface area contributed by atoms with Crippen molar-refractivity contribution >= 4 is 17.2 Å². The summed E-state index contributed by atoms with van der Waals surface area (Å²) in [5, 5.41) is 17.4. The summed E-state index contributed by atoms with van der Waals surface area (Å²) in [6, 6.07) is 5.65. The van der Waals surface area contributed by atoms with Gasteiger partial charge in [0.15, 0.2) is 0 Å². The van der Waals surface area contributed by atoms with E-state index in [4.69, 9.17) is 21.8 Å². The molecule has 0 aliphatic carbocycles. The zero-order valence-electron chi connectivity index (χ0n) is 16.5. The third-order valence-electron chi connectivity index (χ3n) is 3.00. The van der Waals surface area contributed by atoms with Gasteiger partial charge in [0.05, 0.1) is 5.69 Å². The number of aromatic nitrogens is 2. The third-order valence-corrected chi connectivity index (χ3v) is 3.33. The molecule has 2 heterocycles. The molecule has 0 saturated heterocycles. The maximum atomic E-state index is 12.7. The molecule has 0 aliphatic heterocycles. The summed E-state index contributed by atoms with van der Waals surface area (Å²) in [6.45, 7) is 13.0. The van der Waals surface area contributed by atoms with E-state index in [9.17, 15) is 8.78 Å². The Morgan fingerprint density at radius 3 is 1.75 bits per heavy atom. The number of rotatable bonds is 5. The van der Waals surface area contributed by atoms with Crippen LogP contribution in [0.3, 0.4) is 0 Å². The molecular weight excluding hydrogens is 386 g/mol. The first-order valence-electron chi connectivity index (χ1n) is 8.58. The Kier molecular flexibility index (Phi) is 12.9. The number of halogens is 3. The van der Waals surface area contributed by atoms with Crippen molar-refractivity contribution in [2.24, 2.45) is 0 Å². The zero-order chi connectivity index (χ0) is 21.7. The number of aliphatic hydroxyl groups excluding tert-OH is 2. The first-order valence-corrected chi connectivity index (χ1v) is 8.96. The van der Waals surface area contributed by atoms with Crippen LogP contribution in [0.2, 0.25) is 5.15 Å². The molecule has 2 N–H and O–H groups in total. The molecule has 0 atom stereocenters. The summed E-state index contributed by atoms with van der Waals surface area (Å²) in [7, 11) is 0. The van der Waals surface area contributed by atoms with Gasteiger partial charge in [-0.05, 0) is 62.4 Å². The highest BCUT2D eigenvalue weighted by Gasteiger charge is 2.05. The van der Waals surface area contributed by atoms with E-state index in [0.29, 0.717) is 29.7 Å². The Morgan fingerprint density at radius 1 is 0.893 bits per heavy atom. The molecule has 0 aliphatic rings. The molecule has 0 fully saturated rings. The van der Waals surface area contributed by atoms with Crippen molar-refractivity contribution in [3.05, 3.63) is 76.9 Å². The van der Waals surface area contributed by atoms with Crippen LogP contribution in [-0.2, 0) is 12.8 Å². The summed E-state index contributed by atoms with van der Waals surface area (Å²) in [4.78, 5) is 7.09. The average Bonchev–Trinajstić information content (AvgIpc) is 2.59. The summed E-state index contributed by atoms with van der Waals surface area (Å²) < 4.78 is 25.1. The topological polar surface area (TPSA) is 66.2 Å². The molecule has 2 rings (SSSR count). The lowest BCUT2D eigenvalue weighted by molar-refractivity contribution is 0.299. The summed E-state index contributed by atoms with van der Waals surface area (Å²) in [5.74, 6) is -1.11. The van der Waals surface area contributed by atoms with Gasteiger partial charge in [0, 0.05) is 13.2 Å². The Morgan fingerprint density at radius 2 is 1.32 bits per heavy atom. The van der Waals surface area contributed by atoms with Crippen LogP contribution in [0.5, 0.6) is 0 Å². The standard InChI is InChI=1S/C10H12FNO.C7H7ClFNO.C4H8/c1-7(2)10-8(5-6-13)3-4-9(11)12-10;8-7-5(3-4-11)1-2-6(9)10-7;1-4(2)3/h3-4,13H,1,5-6H2,2H3;1-2,11H,3-4H2;1H2,2-3H3. The third kappa shape index (κ3) is 10.9. The van der Waals surface area contributed by atoms with Crippen molar-refractivity contribution in [2.75, 3.05) is 13.2 Å². The van der Waals surface area contributed by atoms with E-state index in [2.05, 4.69) is 23.1 Å². The van der Waals surface area contributed by atoms with Crippen LogP contribution in [0.4, 0.5) is 8.78 Å². The largest absolute Gasteiger partial charge is 0.396 e. The van der Waals surface area contributed by atoms with Crippen molar-refractivity contribution in [1.29, 1.82) is 0 Å². The van der Waals surface area contributed by atoms with Crippen LogP contribution < -0.4 is 0 Å². The Hall–Kier alpha value is -2.15. The van der Waals surface area contributed by atoms with E-state index in [1.54, 1.807) is 13.0 Å². The molecule has 0 amide bonds. The van der Waals surface area contributed by atoms with Crippen LogP contribution >= 0.6 is 11.6 Å². The molecule has 154 valence electrons. The van der Waals surface area contributed by atoms with Crippen molar-refractivity contribution in [3.8, 4) is 0 Å². The molecule has 28 heavy (non-hydrogen) atoms. The van der Waals surface area contributed by atoms with Crippen molar-refractivity contribution in [1.82, 2.24) is 9.97 Å². The Balaban J connectivity index is 0.000000442. The van der Waals surface area contributed by atoms with E-state index in [1.807, 2.05) is 13.8 Å². The molecule has 0 saturated carbocycles. The number of hydrogen-bond donors (Lipinski definition) is 2. The predicted molar refractivity (Wildman–Crippen MR) is 110 cm³/mol. The molecule has 0 spiro atoms.